The van der Waals surface area contributed by atoms with E-state index in [4.69, 9.17) is 5.73 Å². The van der Waals surface area contributed by atoms with E-state index in [1.165, 1.54) is 22.9 Å². The Balaban J connectivity index is 2.40. The summed E-state index contributed by atoms with van der Waals surface area (Å²) in [5.41, 5.74) is 4.76. The van der Waals surface area contributed by atoms with Crippen LogP contribution < -0.4 is 17.0 Å². The van der Waals surface area contributed by atoms with Crippen molar-refractivity contribution >= 4 is 5.69 Å². The largest absolute Gasteiger partial charge is 0.393 e. The summed E-state index contributed by atoms with van der Waals surface area (Å²) in [6.07, 6.45) is 1.24. The molecule has 0 amide bonds. The van der Waals surface area contributed by atoms with Gasteiger partial charge in [0.25, 0.3) is 5.56 Å². The van der Waals surface area contributed by atoms with Crippen LogP contribution in [-0.2, 0) is 6.54 Å². The Bertz CT molecular complexity index is 660. The molecule has 0 saturated carbocycles. The summed E-state index contributed by atoms with van der Waals surface area (Å²) in [5.74, 6) is -0.382. The maximum absolute atomic E-state index is 12.9. The highest BCUT2D eigenvalue weighted by atomic mass is 19.1. The van der Waals surface area contributed by atoms with Crippen LogP contribution in [0.1, 0.15) is 5.56 Å². The number of aromatic nitrogens is 2. The Morgan fingerprint density at radius 2 is 2.12 bits per heavy atom. The molecule has 6 heteroatoms. The van der Waals surface area contributed by atoms with Crippen molar-refractivity contribution in [1.29, 1.82) is 0 Å². The first-order valence-corrected chi connectivity index (χ1v) is 4.90. The second-order valence-corrected chi connectivity index (χ2v) is 3.60. The number of halogens is 1. The third-order valence-electron chi connectivity index (χ3n) is 2.28. The third-order valence-corrected chi connectivity index (χ3v) is 2.28. The molecule has 0 fully saturated rings. The standard InChI is InChI=1S/C11H10FN3O2/c12-8-3-1-2-7(4-8)5-15-6-9(13)10(16)14-11(15)17/h1-4,6H,5,13H2,(H,14,16,17). The van der Waals surface area contributed by atoms with Crippen molar-refractivity contribution in [2.24, 2.45) is 0 Å². The van der Waals surface area contributed by atoms with E-state index in [9.17, 15) is 14.0 Å². The summed E-state index contributed by atoms with van der Waals surface area (Å²) in [6, 6.07) is 5.85. The Hall–Kier alpha value is -2.37. The van der Waals surface area contributed by atoms with E-state index >= 15 is 0 Å². The quantitative estimate of drug-likeness (QED) is 0.785. The number of anilines is 1. The van der Waals surface area contributed by atoms with Crippen molar-refractivity contribution in [3.63, 3.8) is 0 Å². The van der Waals surface area contributed by atoms with Gasteiger partial charge in [-0.05, 0) is 17.7 Å². The van der Waals surface area contributed by atoms with Crippen LogP contribution in [0.15, 0.2) is 40.1 Å². The van der Waals surface area contributed by atoms with E-state index in [1.54, 1.807) is 12.1 Å². The van der Waals surface area contributed by atoms with Gasteiger partial charge in [-0.2, -0.15) is 0 Å². The molecule has 0 aliphatic carbocycles. The van der Waals surface area contributed by atoms with Crippen LogP contribution >= 0.6 is 0 Å². The van der Waals surface area contributed by atoms with Gasteiger partial charge in [0.15, 0.2) is 0 Å². The van der Waals surface area contributed by atoms with Gasteiger partial charge in [0.2, 0.25) is 0 Å². The molecule has 0 bridgehead atoms. The minimum Gasteiger partial charge on any atom is -0.393 e. The number of rotatable bonds is 2. The van der Waals surface area contributed by atoms with Gasteiger partial charge >= 0.3 is 5.69 Å². The zero-order valence-electron chi connectivity index (χ0n) is 8.81. The smallest absolute Gasteiger partial charge is 0.328 e. The average Bonchev–Trinajstić information content (AvgIpc) is 2.26. The normalized spacial score (nSPS) is 10.4. The number of hydrogen-bond donors (Lipinski definition) is 2. The van der Waals surface area contributed by atoms with Gasteiger partial charge in [-0.1, -0.05) is 12.1 Å². The Morgan fingerprint density at radius 3 is 2.82 bits per heavy atom. The monoisotopic (exact) mass is 235 g/mol. The molecule has 3 N–H and O–H groups in total. The summed E-state index contributed by atoms with van der Waals surface area (Å²) in [4.78, 5) is 24.6. The zero-order valence-corrected chi connectivity index (χ0v) is 8.81. The molecule has 0 spiro atoms. The summed E-state index contributed by atoms with van der Waals surface area (Å²) >= 11 is 0. The lowest BCUT2D eigenvalue weighted by Crippen LogP contribution is -2.31. The fourth-order valence-corrected chi connectivity index (χ4v) is 1.48. The molecule has 2 rings (SSSR count). The molecule has 1 aromatic heterocycles. The van der Waals surface area contributed by atoms with Gasteiger partial charge in [-0.15, -0.1) is 0 Å². The van der Waals surface area contributed by atoms with Gasteiger partial charge in [-0.25, -0.2) is 9.18 Å². The minimum atomic E-state index is -0.620. The Kier molecular flexibility index (Phi) is 2.78. The first kappa shape index (κ1) is 11.1. The third kappa shape index (κ3) is 2.41. The molecular weight excluding hydrogens is 225 g/mol. The number of nitrogen functional groups attached to an aromatic ring is 1. The number of aromatic amines is 1. The van der Waals surface area contributed by atoms with Gasteiger partial charge in [0.05, 0.1) is 6.54 Å². The fourth-order valence-electron chi connectivity index (χ4n) is 1.48. The van der Waals surface area contributed by atoms with Crippen molar-refractivity contribution in [1.82, 2.24) is 9.55 Å². The lowest BCUT2D eigenvalue weighted by Gasteiger charge is -2.05. The number of hydrogen-bond acceptors (Lipinski definition) is 3. The average molecular weight is 235 g/mol. The van der Waals surface area contributed by atoms with Gasteiger partial charge < -0.3 is 5.73 Å². The Labute approximate surface area is 95.3 Å². The highest BCUT2D eigenvalue weighted by Gasteiger charge is 2.02. The second kappa shape index (κ2) is 4.25. The lowest BCUT2D eigenvalue weighted by atomic mass is 10.2. The van der Waals surface area contributed by atoms with E-state index in [2.05, 4.69) is 4.98 Å². The zero-order chi connectivity index (χ0) is 12.4. The van der Waals surface area contributed by atoms with E-state index in [0.717, 1.165) is 0 Å². The molecule has 0 saturated heterocycles. The number of nitrogens with one attached hydrogen (secondary N) is 1. The van der Waals surface area contributed by atoms with Gasteiger partial charge in [-0.3, -0.25) is 14.3 Å². The molecule has 0 radical (unpaired) electrons. The molecule has 17 heavy (non-hydrogen) atoms. The van der Waals surface area contributed by atoms with Crippen LogP contribution in [0.25, 0.3) is 0 Å². The van der Waals surface area contributed by atoms with E-state index in [-0.39, 0.29) is 18.0 Å². The van der Waals surface area contributed by atoms with Crippen molar-refractivity contribution < 1.29 is 4.39 Å². The summed E-state index contributed by atoms with van der Waals surface area (Å²) in [5, 5.41) is 0. The molecule has 1 aromatic carbocycles. The van der Waals surface area contributed by atoms with Crippen LogP contribution in [-0.4, -0.2) is 9.55 Å². The number of nitrogens with two attached hydrogens (primary N) is 1. The van der Waals surface area contributed by atoms with Crippen molar-refractivity contribution in [2.75, 3.05) is 5.73 Å². The number of nitrogens with zero attached hydrogens (tertiary/aromatic N) is 1. The SMILES string of the molecule is Nc1cn(Cc2cccc(F)c2)c(=O)[nH]c1=O. The van der Waals surface area contributed by atoms with Crippen LogP contribution in [0.3, 0.4) is 0 Å². The maximum Gasteiger partial charge on any atom is 0.328 e. The molecular formula is C11H10FN3O2. The summed E-state index contributed by atoms with van der Waals surface area (Å²) in [6.45, 7) is 0.150. The van der Waals surface area contributed by atoms with Crippen molar-refractivity contribution in [3.05, 3.63) is 62.7 Å². The summed E-state index contributed by atoms with van der Waals surface area (Å²) < 4.78 is 14.2. The van der Waals surface area contributed by atoms with Crippen LogP contribution in [0.2, 0.25) is 0 Å². The minimum absolute atomic E-state index is 0.0546. The molecule has 0 atom stereocenters. The molecule has 2 aromatic rings. The lowest BCUT2D eigenvalue weighted by molar-refractivity contribution is 0.622. The van der Waals surface area contributed by atoms with Gasteiger partial charge in [0.1, 0.15) is 11.5 Å². The summed E-state index contributed by atoms with van der Waals surface area (Å²) in [7, 11) is 0. The molecule has 1 heterocycles. The highest BCUT2D eigenvalue weighted by Crippen LogP contribution is 2.04. The molecule has 0 aliphatic heterocycles. The predicted molar refractivity (Wildman–Crippen MR) is 61.2 cm³/mol. The molecule has 0 unspecified atom stereocenters. The fraction of sp³-hybridized carbons (Fsp3) is 0.0909. The molecule has 88 valence electrons. The topological polar surface area (TPSA) is 80.9 Å². The number of benzene rings is 1. The molecule has 5 nitrogen and oxygen atoms in total. The Morgan fingerprint density at radius 1 is 1.35 bits per heavy atom. The van der Waals surface area contributed by atoms with Crippen molar-refractivity contribution in [2.45, 2.75) is 6.54 Å². The van der Waals surface area contributed by atoms with E-state index in [1.807, 2.05) is 0 Å². The maximum atomic E-state index is 12.9. The predicted octanol–water partition coefficient (Wildman–Crippen LogP) is 0.306. The highest BCUT2D eigenvalue weighted by molar-refractivity contribution is 5.30. The van der Waals surface area contributed by atoms with Crippen LogP contribution in [0, 0.1) is 5.82 Å². The van der Waals surface area contributed by atoms with Crippen LogP contribution in [0.4, 0.5) is 10.1 Å². The van der Waals surface area contributed by atoms with E-state index in [0.29, 0.717) is 5.56 Å². The second-order valence-electron chi connectivity index (χ2n) is 3.60. The van der Waals surface area contributed by atoms with Crippen molar-refractivity contribution in [3.8, 4) is 0 Å². The first-order chi connectivity index (χ1) is 8.06. The first-order valence-electron chi connectivity index (χ1n) is 4.90. The molecule has 0 aliphatic rings. The number of H-pyrrole nitrogens is 1. The van der Waals surface area contributed by atoms with E-state index < -0.39 is 11.2 Å². The van der Waals surface area contributed by atoms with Crippen LogP contribution in [0.5, 0.6) is 0 Å². The van der Waals surface area contributed by atoms with Gasteiger partial charge in [0, 0.05) is 6.20 Å².